The van der Waals surface area contributed by atoms with Gasteiger partial charge in [-0.1, -0.05) is 0 Å². The van der Waals surface area contributed by atoms with E-state index in [-0.39, 0.29) is 0 Å². The van der Waals surface area contributed by atoms with Gasteiger partial charge in [-0.15, -0.1) is 0 Å². The second-order valence-corrected chi connectivity index (χ2v) is 5.57. The van der Waals surface area contributed by atoms with E-state index in [4.69, 9.17) is 10.8 Å². The van der Waals surface area contributed by atoms with Crippen molar-refractivity contribution in [2.75, 3.05) is 6.54 Å². The summed E-state index contributed by atoms with van der Waals surface area (Å²) >= 11 is 0. The van der Waals surface area contributed by atoms with Crippen LogP contribution in [0.2, 0.25) is 0 Å². The minimum absolute atomic E-state index is 0.454. The van der Waals surface area contributed by atoms with Crippen molar-refractivity contribution in [2.24, 2.45) is 5.73 Å². The van der Waals surface area contributed by atoms with Gasteiger partial charge in [0.1, 0.15) is 12.1 Å². The van der Waals surface area contributed by atoms with Gasteiger partial charge >= 0.3 is 12.0 Å². The van der Waals surface area contributed by atoms with E-state index in [1.807, 2.05) is 0 Å². The molecule has 18 heavy (non-hydrogen) atoms. The predicted octanol–water partition coefficient (Wildman–Crippen LogP) is 0.145. The fourth-order valence-corrected chi connectivity index (χ4v) is 1.15. The second kappa shape index (κ2) is 5.24. The topological polar surface area (TPSA) is 113 Å². The van der Waals surface area contributed by atoms with Crippen LogP contribution in [0.15, 0.2) is 0 Å². The number of rotatable bonds is 4. The van der Waals surface area contributed by atoms with Gasteiger partial charge in [0.15, 0.2) is 0 Å². The van der Waals surface area contributed by atoms with Crippen molar-refractivity contribution in [2.45, 2.75) is 45.7 Å². The maximum Gasteiger partial charge on any atom is 0.323 e. The molecular weight excluding hydrogens is 238 g/mol. The molecule has 0 atom stereocenters. The van der Waals surface area contributed by atoms with Crippen LogP contribution in [0, 0.1) is 0 Å². The number of hydrogen-bond acceptors (Lipinski definition) is 3. The SMILES string of the molecule is CC(C)(NC(=O)N(CC(=O)O)C(C)(C)C)C(N)=O. The Hall–Kier alpha value is -1.79. The first-order valence-electron chi connectivity index (χ1n) is 5.49. The number of carbonyl (C=O) groups excluding carboxylic acids is 2. The van der Waals surface area contributed by atoms with E-state index in [0.717, 1.165) is 4.90 Å². The number of nitrogens with two attached hydrogens (primary N) is 1. The zero-order valence-electron chi connectivity index (χ0n) is 11.4. The molecule has 0 spiro atoms. The molecule has 104 valence electrons. The molecule has 0 fully saturated rings. The molecule has 0 saturated heterocycles. The van der Waals surface area contributed by atoms with E-state index < -0.39 is 35.5 Å². The minimum Gasteiger partial charge on any atom is -0.480 e. The Morgan fingerprint density at radius 2 is 1.61 bits per heavy atom. The number of carboxylic acid groups (broad SMARTS) is 1. The van der Waals surface area contributed by atoms with E-state index in [0.29, 0.717) is 0 Å². The zero-order chi connectivity index (χ0) is 14.7. The maximum atomic E-state index is 12.0. The molecule has 0 aliphatic carbocycles. The number of hydrogen-bond donors (Lipinski definition) is 3. The van der Waals surface area contributed by atoms with Crippen molar-refractivity contribution < 1.29 is 19.5 Å². The lowest BCUT2D eigenvalue weighted by Gasteiger charge is -2.36. The standard InChI is InChI=1S/C11H21N3O4/c1-10(2,3)14(6-7(15)16)9(18)13-11(4,5)8(12)17/h6H2,1-5H3,(H2,12,17)(H,13,18)(H,15,16). The molecule has 0 heterocycles. The van der Waals surface area contributed by atoms with Crippen molar-refractivity contribution in [1.29, 1.82) is 0 Å². The summed E-state index contributed by atoms with van der Waals surface area (Å²) in [5.74, 6) is -1.82. The summed E-state index contributed by atoms with van der Waals surface area (Å²) in [6.45, 7) is 7.56. The first-order chi connectivity index (χ1) is 7.88. The van der Waals surface area contributed by atoms with E-state index >= 15 is 0 Å². The molecule has 0 radical (unpaired) electrons. The first kappa shape index (κ1) is 16.2. The smallest absolute Gasteiger partial charge is 0.323 e. The summed E-state index contributed by atoms with van der Waals surface area (Å²) in [5.41, 5.74) is 3.22. The molecule has 0 aromatic heterocycles. The Morgan fingerprint density at radius 3 is 1.89 bits per heavy atom. The highest BCUT2D eigenvalue weighted by Gasteiger charge is 2.34. The number of aliphatic carboxylic acids is 1. The van der Waals surface area contributed by atoms with Gasteiger partial charge in [-0.3, -0.25) is 9.59 Å². The molecule has 0 saturated carbocycles. The van der Waals surface area contributed by atoms with Crippen LogP contribution in [-0.2, 0) is 9.59 Å². The number of carboxylic acids is 1. The number of nitrogens with zero attached hydrogens (tertiary/aromatic N) is 1. The van der Waals surface area contributed by atoms with Crippen molar-refractivity contribution >= 4 is 17.9 Å². The lowest BCUT2D eigenvalue weighted by molar-refractivity contribution is -0.138. The molecule has 0 aliphatic heterocycles. The average molecular weight is 259 g/mol. The zero-order valence-corrected chi connectivity index (χ0v) is 11.4. The van der Waals surface area contributed by atoms with Crippen LogP contribution in [0.3, 0.4) is 0 Å². The quantitative estimate of drug-likeness (QED) is 0.666. The molecule has 4 N–H and O–H groups in total. The van der Waals surface area contributed by atoms with E-state index in [9.17, 15) is 14.4 Å². The van der Waals surface area contributed by atoms with Crippen molar-refractivity contribution in [3.63, 3.8) is 0 Å². The Morgan fingerprint density at radius 1 is 1.17 bits per heavy atom. The number of primary amides is 1. The highest BCUT2D eigenvalue weighted by Crippen LogP contribution is 2.14. The van der Waals surface area contributed by atoms with Crippen LogP contribution < -0.4 is 11.1 Å². The van der Waals surface area contributed by atoms with Gasteiger partial charge in [0.2, 0.25) is 5.91 Å². The third-order valence-electron chi connectivity index (χ3n) is 2.38. The van der Waals surface area contributed by atoms with Crippen LogP contribution in [0.25, 0.3) is 0 Å². The van der Waals surface area contributed by atoms with Gasteiger partial charge in [-0.2, -0.15) is 0 Å². The highest BCUT2D eigenvalue weighted by molar-refractivity contribution is 5.90. The first-order valence-corrected chi connectivity index (χ1v) is 5.49. The summed E-state index contributed by atoms with van der Waals surface area (Å²) in [4.78, 5) is 35.0. The number of amides is 3. The van der Waals surface area contributed by atoms with Gasteiger partial charge in [-0.05, 0) is 34.6 Å². The fraction of sp³-hybridized carbons (Fsp3) is 0.727. The van der Waals surface area contributed by atoms with Crippen LogP contribution in [0.5, 0.6) is 0 Å². The maximum absolute atomic E-state index is 12.0. The molecule has 0 bridgehead atoms. The molecule has 3 amide bonds. The molecule has 0 unspecified atom stereocenters. The summed E-state index contributed by atoms with van der Waals surface area (Å²) in [6.07, 6.45) is 0. The fourth-order valence-electron chi connectivity index (χ4n) is 1.15. The van der Waals surface area contributed by atoms with Crippen LogP contribution in [-0.4, -0.2) is 45.5 Å². The van der Waals surface area contributed by atoms with E-state index in [1.165, 1.54) is 13.8 Å². The molecule has 0 aliphatic rings. The number of nitrogens with one attached hydrogen (secondary N) is 1. The Kier molecular flexibility index (Phi) is 4.72. The molecule has 7 nitrogen and oxygen atoms in total. The minimum atomic E-state index is -1.24. The molecule has 0 rings (SSSR count). The van der Waals surface area contributed by atoms with Gasteiger partial charge in [0.25, 0.3) is 0 Å². The van der Waals surface area contributed by atoms with Crippen LogP contribution in [0.1, 0.15) is 34.6 Å². The van der Waals surface area contributed by atoms with Gasteiger partial charge in [-0.25, -0.2) is 4.79 Å². The van der Waals surface area contributed by atoms with Gasteiger partial charge < -0.3 is 21.1 Å². The molecule has 7 heteroatoms. The van der Waals surface area contributed by atoms with Gasteiger partial charge in [0, 0.05) is 5.54 Å². The average Bonchev–Trinajstić information content (AvgIpc) is 2.10. The summed E-state index contributed by atoms with van der Waals surface area (Å²) in [7, 11) is 0. The molecule has 0 aromatic carbocycles. The van der Waals surface area contributed by atoms with E-state index in [1.54, 1.807) is 20.8 Å². The van der Waals surface area contributed by atoms with Crippen molar-refractivity contribution in [3.8, 4) is 0 Å². The summed E-state index contributed by atoms with van der Waals surface area (Å²) < 4.78 is 0. The largest absolute Gasteiger partial charge is 0.480 e. The second-order valence-electron chi connectivity index (χ2n) is 5.57. The van der Waals surface area contributed by atoms with Crippen LogP contribution >= 0.6 is 0 Å². The lowest BCUT2D eigenvalue weighted by atomic mass is 10.0. The van der Waals surface area contributed by atoms with Crippen LogP contribution in [0.4, 0.5) is 4.79 Å². The number of urea groups is 1. The molecule has 0 aromatic rings. The lowest BCUT2D eigenvalue weighted by Crippen LogP contribution is -2.60. The predicted molar refractivity (Wildman–Crippen MR) is 65.9 cm³/mol. The van der Waals surface area contributed by atoms with Crippen molar-refractivity contribution in [3.05, 3.63) is 0 Å². The molecular formula is C11H21N3O4. The Bertz CT molecular complexity index is 358. The monoisotopic (exact) mass is 259 g/mol. The Balaban J connectivity index is 5.00. The third-order valence-corrected chi connectivity index (χ3v) is 2.38. The summed E-state index contributed by atoms with van der Waals surface area (Å²) in [6, 6.07) is -0.645. The Labute approximate surface area is 106 Å². The normalized spacial score (nSPS) is 11.8. The number of carbonyl (C=O) groups is 3. The van der Waals surface area contributed by atoms with Crippen molar-refractivity contribution in [1.82, 2.24) is 10.2 Å². The van der Waals surface area contributed by atoms with E-state index in [2.05, 4.69) is 5.32 Å². The highest BCUT2D eigenvalue weighted by atomic mass is 16.4. The summed E-state index contributed by atoms with van der Waals surface area (Å²) in [5, 5.41) is 11.2. The third kappa shape index (κ3) is 4.60. The van der Waals surface area contributed by atoms with Gasteiger partial charge in [0.05, 0.1) is 0 Å².